The van der Waals surface area contributed by atoms with Crippen molar-refractivity contribution in [3.05, 3.63) is 23.3 Å². The minimum absolute atomic E-state index is 1.05. The third-order valence-electron chi connectivity index (χ3n) is 2.78. The van der Waals surface area contributed by atoms with Crippen LogP contribution in [0.4, 0.5) is 0 Å². The molecule has 0 aromatic carbocycles. The van der Waals surface area contributed by atoms with E-state index in [1.807, 2.05) is 0 Å². The van der Waals surface area contributed by atoms with Gasteiger partial charge in [-0.2, -0.15) is 0 Å². The highest BCUT2D eigenvalue weighted by Crippen LogP contribution is 2.08. The Hall–Kier alpha value is -0.560. The van der Waals surface area contributed by atoms with Crippen LogP contribution in [-0.2, 0) is 0 Å². The second-order valence-corrected chi connectivity index (χ2v) is 5.15. The Morgan fingerprint density at radius 2 is 1.40 bits per heavy atom. The van der Waals surface area contributed by atoms with Crippen molar-refractivity contribution in [2.24, 2.45) is 0 Å². The lowest BCUT2D eigenvalue weighted by Gasteiger charge is -2.27. The summed E-state index contributed by atoms with van der Waals surface area (Å²) in [5.74, 6) is 0. The van der Waals surface area contributed by atoms with Gasteiger partial charge >= 0.3 is 0 Å². The molecule has 0 rings (SSSR count). The van der Waals surface area contributed by atoms with Crippen molar-refractivity contribution >= 4 is 0 Å². The Kier molecular flexibility index (Phi) is 6.58. The molecule has 0 fully saturated rings. The topological polar surface area (TPSA) is 0 Å². The first-order chi connectivity index (χ1) is 6.91. The van der Waals surface area contributed by atoms with Crippen LogP contribution in [-0.4, -0.2) is 31.7 Å². The molecule has 0 spiro atoms. The van der Waals surface area contributed by atoms with Crippen LogP contribution in [0, 0.1) is 0 Å². The van der Waals surface area contributed by atoms with Crippen molar-refractivity contribution in [1.29, 1.82) is 0 Å². The fourth-order valence-corrected chi connectivity index (χ4v) is 1.42. The number of nitrogens with zero attached hydrogens (tertiary/aromatic N) is 1. The van der Waals surface area contributed by atoms with Crippen LogP contribution in [0.15, 0.2) is 23.3 Å². The van der Waals surface area contributed by atoms with Crippen LogP contribution < -0.4 is 0 Å². The highest BCUT2D eigenvalue weighted by Gasteiger charge is 2.10. The van der Waals surface area contributed by atoms with Gasteiger partial charge in [-0.25, -0.2) is 0 Å². The van der Waals surface area contributed by atoms with Gasteiger partial charge in [0.2, 0.25) is 0 Å². The van der Waals surface area contributed by atoms with Crippen LogP contribution in [0.2, 0.25) is 0 Å². The third-order valence-corrected chi connectivity index (χ3v) is 2.78. The Morgan fingerprint density at radius 1 is 0.933 bits per heavy atom. The van der Waals surface area contributed by atoms with Gasteiger partial charge in [-0.3, -0.25) is 0 Å². The zero-order chi connectivity index (χ0) is 11.9. The summed E-state index contributed by atoms with van der Waals surface area (Å²) in [6.07, 6.45) is 7.13. The van der Waals surface area contributed by atoms with Crippen molar-refractivity contribution in [3.8, 4) is 0 Å². The van der Waals surface area contributed by atoms with Gasteiger partial charge in [0, 0.05) is 0 Å². The molecule has 0 aromatic heterocycles. The molecule has 0 N–H and O–H groups in total. The summed E-state index contributed by atoms with van der Waals surface area (Å²) in [6.45, 7) is 11.1. The molecule has 0 unspecified atom stereocenters. The molecule has 1 nitrogen and oxygen atoms in total. The summed E-state index contributed by atoms with van der Waals surface area (Å²) >= 11 is 0. The van der Waals surface area contributed by atoms with E-state index >= 15 is 0 Å². The van der Waals surface area contributed by atoms with Crippen molar-refractivity contribution in [3.63, 3.8) is 0 Å². The highest BCUT2D eigenvalue weighted by atomic mass is 15.3. The lowest BCUT2D eigenvalue weighted by Crippen LogP contribution is -2.39. The van der Waals surface area contributed by atoms with Crippen LogP contribution in [0.25, 0.3) is 0 Å². The molecule has 15 heavy (non-hydrogen) atoms. The predicted octanol–water partition coefficient (Wildman–Crippen LogP) is 3.78. The first-order valence-electron chi connectivity index (χ1n) is 6.04. The van der Waals surface area contributed by atoms with Gasteiger partial charge in [0.25, 0.3) is 0 Å². The maximum atomic E-state index is 2.42. The lowest BCUT2D eigenvalue weighted by atomic mass is 10.1. The van der Waals surface area contributed by atoms with Gasteiger partial charge in [0.15, 0.2) is 0 Å². The number of quaternary nitrogens is 1. The zero-order valence-electron chi connectivity index (χ0n) is 11.4. The summed E-state index contributed by atoms with van der Waals surface area (Å²) in [4.78, 5) is 0. The van der Waals surface area contributed by atoms with Gasteiger partial charge < -0.3 is 4.48 Å². The van der Waals surface area contributed by atoms with E-state index in [2.05, 4.69) is 53.9 Å². The SMILES string of the molecule is CCC(=CC[N+](C)(C)CC=C(C)C)CC. The summed E-state index contributed by atoms with van der Waals surface area (Å²) in [7, 11) is 4.58. The molecule has 0 bridgehead atoms. The number of hydrogen-bond donors (Lipinski definition) is 0. The second kappa shape index (κ2) is 6.84. The van der Waals surface area contributed by atoms with Gasteiger partial charge in [-0.15, -0.1) is 0 Å². The van der Waals surface area contributed by atoms with E-state index in [0.29, 0.717) is 0 Å². The summed E-state index contributed by atoms with van der Waals surface area (Å²) < 4.78 is 1.05. The van der Waals surface area contributed by atoms with E-state index in [9.17, 15) is 0 Å². The molecule has 0 radical (unpaired) electrons. The molecule has 0 aliphatic rings. The summed E-state index contributed by atoms with van der Waals surface area (Å²) in [5, 5.41) is 0. The van der Waals surface area contributed by atoms with Crippen molar-refractivity contribution in [2.45, 2.75) is 40.5 Å². The second-order valence-electron chi connectivity index (χ2n) is 5.15. The normalized spacial score (nSPS) is 11.1. The number of hydrogen-bond acceptors (Lipinski definition) is 0. The molecular weight excluding hydrogens is 182 g/mol. The molecule has 0 atom stereocenters. The van der Waals surface area contributed by atoms with Crippen molar-refractivity contribution in [2.75, 3.05) is 27.2 Å². The molecule has 88 valence electrons. The maximum Gasteiger partial charge on any atom is 0.0974 e. The maximum absolute atomic E-state index is 2.42. The van der Waals surface area contributed by atoms with Gasteiger partial charge in [-0.1, -0.05) is 25.0 Å². The highest BCUT2D eigenvalue weighted by molar-refractivity contribution is 5.00. The molecule has 0 aromatic rings. The summed E-state index contributed by atoms with van der Waals surface area (Å²) in [6, 6.07) is 0. The first kappa shape index (κ1) is 14.4. The average molecular weight is 210 g/mol. The molecule has 0 amide bonds. The van der Waals surface area contributed by atoms with Gasteiger partial charge in [0.1, 0.15) is 0 Å². The molecule has 0 aliphatic carbocycles. The Morgan fingerprint density at radius 3 is 1.80 bits per heavy atom. The van der Waals surface area contributed by atoms with Crippen molar-refractivity contribution in [1.82, 2.24) is 0 Å². The quantitative estimate of drug-likeness (QED) is 0.462. The van der Waals surface area contributed by atoms with Crippen LogP contribution >= 0.6 is 0 Å². The predicted molar refractivity (Wildman–Crippen MR) is 69.9 cm³/mol. The van der Waals surface area contributed by atoms with E-state index < -0.39 is 0 Å². The summed E-state index contributed by atoms with van der Waals surface area (Å²) in [5.41, 5.74) is 3.00. The first-order valence-corrected chi connectivity index (χ1v) is 6.04. The van der Waals surface area contributed by atoms with Crippen LogP contribution in [0.5, 0.6) is 0 Å². The standard InChI is InChI=1S/C14H28N/c1-7-14(8-2)10-12-15(5,6)11-9-13(3)4/h9-10H,7-8,11-12H2,1-6H3/q+1. The molecule has 0 aliphatic heterocycles. The average Bonchev–Trinajstić information content (AvgIpc) is 2.17. The monoisotopic (exact) mass is 210 g/mol. The van der Waals surface area contributed by atoms with E-state index in [4.69, 9.17) is 0 Å². The molecular formula is C14H28N+. The number of likely N-dealkylation sites (N-methyl/N-ethyl adjacent to an activating group) is 1. The minimum Gasteiger partial charge on any atom is -0.322 e. The van der Waals surface area contributed by atoms with E-state index in [0.717, 1.165) is 17.6 Å². The third kappa shape index (κ3) is 7.38. The Labute approximate surface area is 96.1 Å². The molecule has 1 heteroatoms. The fraction of sp³-hybridized carbons (Fsp3) is 0.714. The van der Waals surface area contributed by atoms with Gasteiger partial charge in [0.05, 0.1) is 27.2 Å². The molecule has 0 saturated heterocycles. The molecule has 0 heterocycles. The Bertz CT molecular complexity index is 224. The Balaban J connectivity index is 4.25. The minimum atomic E-state index is 1.05. The largest absolute Gasteiger partial charge is 0.322 e. The lowest BCUT2D eigenvalue weighted by molar-refractivity contribution is -0.878. The van der Waals surface area contributed by atoms with Crippen LogP contribution in [0.1, 0.15) is 40.5 Å². The van der Waals surface area contributed by atoms with E-state index in [-0.39, 0.29) is 0 Å². The fourth-order valence-electron chi connectivity index (χ4n) is 1.42. The zero-order valence-corrected chi connectivity index (χ0v) is 11.4. The van der Waals surface area contributed by atoms with Crippen molar-refractivity contribution < 1.29 is 4.48 Å². The van der Waals surface area contributed by atoms with E-state index in [1.54, 1.807) is 5.57 Å². The number of allylic oxidation sites excluding steroid dienone is 2. The van der Waals surface area contributed by atoms with Crippen LogP contribution in [0.3, 0.4) is 0 Å². The van der Waals surface area contributed by atoms with E-state index in [1.165, 1.54) is 18.4 Å². The number of rotatable bonds is 6. The molecule has 0 saturated carbocycles. The van der Waals surface area contributed by atoms with Gasteiger partial charge in [-0.05, 0) is 38.8 Å². The smallest absolute Gasteiger partial charge is 0.0974 e.